The maximum absolute atomic E-state index is 13.3. The van der Waals surface area contributed by atoms with Crippen molar-refractivity contribution in [3.8, 4) is 0 Å². The number of nitrogens with zero attached hydrogens (tertiary/aromatic N) is 6. The number of anilines is 1. The number of fused-ring (bicyclic) bond motifs is 2. The van der Waals surface area contributed by atoms with E-state index in [1.54, 1.807) is 26.8 Å². The van der Waals surface area contributed by atoms with Crippen molar-refractivity contribution in [1.82, 2.24) is 24.6 Å². The summed E-state index contributed by atoms with van der Waals surface area (Å²) in [5, 5.41) is 5.92. The molecule has 0 saturated heterocycles. The average Bonchev–Trinajstić information content (AvgIpc) is 3.32. The first-order chi connectivity index (χ1) is 14.0. The van der Waals surface area contributed by atoms with Crippen molar-refractivity contribution < 1.29 is 4.79 Å². The van der Waals surface area contributed by atoms with Gasteiger partial charge in [-0.3, -0.25) is 9.69 Å². The molecule has 1 amide bonds. The Kier molecular flexibility index (Phi) is 5.69. The number of carbonyl (C=O) groups excluding carboxylic acids is 1. The summed E-state index contributed by atoms with van der Waals surface area (Å²) in [6.07, 6.45) is 8.36. The average molecular weight is 429 g/mol. The Morgan fingerprint density at radius 2 is 2.07 bits per heavy atom. The Morgan fingerprint density at radius 1 is 1.28 bits per heavy atom. The highest BCUT2D eigenvalue weighted by Gasteiger charge is 2.24. The van der Waals surface area contributed by atoms with Gasteiger partial charge in [-0.05, 0) is 45.8 Å². The highest BCUT2D eigenvalue weighted by Crippen LogP contribution is 2.32. The minimum Gasteiger partial charge on any atom is -0.284 e. The van der Waals surface area contributed by atoms with Crippen molar-refractivity contribution >= 4 is 39.9 Å². The summed E-state index contributed by atoms with van der Waals surface area (Å²) in [5.74, 6) is 0.560. The molecule has 0 fully saturated rings. The molecule has 0 aromatic carbocycles. The number of hydrogen-bond donors (Lipinski definition) is 0. The van der Waals surface area contributed by atoms with Crippen LogP contribution in [0.3, 0.4) is 0 Å². The predicted molar refractivity (Wildman–Crippen MR) is 117 cm³/mol. The Balaban J connectivity index is 1.65. The minimum absolute atomic E-state index is 0.00597. The van der Waals surface area contributed by atoms with Crippen molar-refractivity contribution in [3.63, 3.8) is 0 Å². The van der Waals surface area contributed by atoms with Crippen LogP contribution in [0.15, 0.2) is 17.8 Å². The standard InChI is InChI=1S/C20H24N6OS2/c1-5-10-25(20-22-15-8-6-7-9-16(15)29-20)17(27)11-14-12(2)21-18-23-19(28-4)24-26(18)13(14)3/h5H,1,6-11H2,2-4H3. The molecular formula is C20H24N6OS2. The molecule has 9 heteroatoms. The van der Waals surface area contributed by atoms with Gasteiger partial charge in [0, 0.05) is 28.4 Å². The van der Waals surface area contributed by atoms with Crippen LogP contribution in [-0.2, 0) is 24.1 Å². The van der Waals surface area contributed by atoms with E-state index in [0.717, 1.165) is 40.6 Å². The zero-order valence-electron chi connectivity index (χ0n) is 16.9. The first kappa shape index (κ1) is 20.0. The number of aryl methyl sites for hydroxylation is 4. The summed E-state index contributed by atoms with van der Waals surface area (Å²) < 4.78 is 1.72. The molecule has 29 heavy (non-hydrogen) atoms. The van der Waals surface area contributed by atoms with Crippen molar-refractivity contribution in [3.05, 3.63) is 40.2 Å². The molecule has 4 rings (SSSR count). The first-order valence-electron chi connectivity index (χ1n) is 9.68. The highest BCUT2D eigenvalue weighted by atomic mass is 32.2. The molecule has 0 saturated carbocycles. The highest BCUT2D eigenvalue weighted by molar-refractivity contribution is 7.98. The first-order valence-corrected chi connectivity index (χ1v) is 11.7. The Morgan fingerprint density at radius 3 is 2.79 bits per heavy atom. The fraction of sp³-hybridized carbons (Fsp3) is 0.450. The van der Waals surface area contributed by atoms with Gasteiger partial charge in [-0.15, -0.1) is 23.0 Å². The lowest BCUT2D eigenvalue weighted by atomic mass is 10.0. The summed E-state index contributed by atoms with van der Waals surface area (Å²) in [7, 11) is 0. The third-order valence-corrected chi connectivity index (χ3v) is 6.94. The lowest BCUT2D eigenvalue weighted by Crippen LogP contribution is -2.33. The summed E-state index contributed by atoms with van der Waals surface area (Å²) >= 11 is 3.11. The molecule has 0 spiro atoms. The monoisotopic (exact) mass is 428 g/mol. The van der Waals surface area contributed by atoms with E-state index in [2.05, 4.69) is 21.6 Å². The zero-order chi connectivity index (χ0) is 20.5. The SMILES string of the molecule is C=CCN(C(=O)Cc1c(C)nc2nc(SC)nn2c1C)c1nc2c(s1)CCCC2. The van der Waals surface area contributed by atoms with Gasteiger partial charge in [0.1, 0.15) is 0 Å². The number of thiazole rings is 1. The number of thioether (sulfide) groups is 1. The van der Waals surface area contributed by atoms with E-state index in [1.807, 2.05) is 20.1 Å². The van der Waals surface area contributed by atoms with Crippen LogP contribution in [0, 0.1) is 13.8 Å². The molecule has 3 aromatic rings. The van der Waals surface area contributed by atoms with E-state index >= 15 is 0 Å². The smallest absolute Gasteiger partial charge is 0.253 e. The summed E-state index contributed by atoms with van der Waals surface area (Å²) in [4.78, 5) is 30.1. The summed E-state index contributed by atoms with van der Waals surface area (Å²) in [6.45, 7) is 8.16. The molecule has 0 atom stereocenters. The third kappa shape index (κ3) is 3.81. The second-order valence-electron chi connectivity index (χ2n) is 7.11. The molecule has 1 aliphatic rings. The van der Waals surface area contributed by atoms with E-state index in [1.165, 1.54) is 29.5 Å². The van der Waals surface area contributed by atoms with Gasteiger partial charge in [0.2, 0.25) is 11.1 Å². The van der Waals surface area contributed by atoms with Crippen molar-refractivity contribution in [1.29, 1.82) is 0 Å². The fourth-order valence-corrected chi connectivity index (χ4v) is 5.16. The second kappa shape index (κ2) is 8.23. The fourth-order valence-electron chi connectivity index (χ4n) is 3.65. The molecular weight excluding hydrogens is 404 g/mol. The van der Waals surface area contributed by atoms with Crippen molar-refractivity contribution in [2.24, 2.45) is 0 Å². The number of aromatic nitrogens is 5. The normalized spacial score (nSPS) is 13.5. The second-order valence-corrected chi connectivity index (χ2v) is 8.95. The molecule has 0 bridgehead atoms. The topological polar surface area (TPSA) is 76.3 Å². The van der Waals surface area contributed by atoms with Crippen LogP contribution in [0.25, 0.3) is 5.78 Å². The van der Waals surface area contributed by atoms with Crippen LogP contribution in [-0.4, -0.2) is 43.3 Å². The zero-order valence-corrected chi connectivity index (χ0v) is 18.6. The van der Waals surface area contributed by atoms with Gasteiger partial charge >= 0.3 is 0 Å². The molecule has 3 heterocycles. The van der Waals surface area contributed by atoms with Crippen molar-refractivity contribution in [2.45, 2.75) is 51.1 Å². The van der Waals surface area contributed by atoms with Crippen LogP contribution in [0.5, 0.6) is 0 Å². The van der Waals surface area contributed by atoms with Crippen LogP contribution in [0.4, 0.5) is 5.13 Å². The lowest BCUT2D eigenvalue weighted by molar-refractivity contribution is -0.117. The molecule has 0 unspecified atom stereocenters. The predicted octanol–water partition coefficient (Wildman–Crippen LogP) is 3.56. The summed E-state index contributed by atoms with van der Waals surface area (Å²) in [6, 6.07) is 0. The van der Waals surface area contributed by atoms with Gasteiger partial charge in [-0.1, -0.05) is 17.8 Å². The van der Waals surface area contributed by atoms with E-state index in [-0.39, 0.29) is 12.3 Å². The Hall–Kier alpha value is -2.26. The Labute approximate surface area is 178 Å². The van der Waals surface area contributed by atoms with Gasteiger partial charge in [-0.25, -0.2) is 14.5 Å². The molecule has 3 aromatic heterocycles. The molecule has 0 radical (unpaired) electrons. The van der Waals surface area contributed by atoms with E-state index < -0.39 is 0 Å². The largest absolute Gasteiger partial charge is 0.284 e. The summed E-state index contributed by atoms with van der Waals surface area (Å²) in [5.41, 5.74) is 3.74. The van der Waals surface area contributed by atoms with Crippen LogP contribution < -0.4 is 4.90 Å². The molecule has 0 aliphatic heterocycles. The van der Waals surface area contributed by atoms with Gasteiger partial charge in [-0.2, -0.15) is 4.98 Å². The number of hydrogen-bond acceptors (Lipinski definition) is 7. The molecule has 152 valence electrons. The molecule has 7 nitrogen and oxygen atoms in total. The number of rotatable bonds is 6. The minimum atomic E-state index is -0.00597. The van der Waals surface area contributed by atoms with E-state index in [0.29, 0.717) is 17.5 Å². The van der Waals surface area contributed by atoms with Crippen LogP contribution in [0.1, 0.15) is 40.4 Å². The molecule has 1 aliphatic carbocycles. The van der Waals surface area contributed by atoms with Gasteiger partial charge in [0.15, 0.2) is 5.13 Å². The lowest BCUT2D eigenvalue weighted by Gasteiger charge is -2.19. The number of carbonyl (C=O) groups is 1. The van der Waals surface area contributed by atoms with Gasteiger partial charge in [0.05, 0.1) is 12.1 Å². The molecule has 0 N–H and O–H groups in total. The van der Waals surface area contributed by atoms with Crippen LogP contribution >= 0.6 is 23.1 Å². The maximum Gasteiger partial charge on any atom is 0.253 e. The van der Waals surface area contributed by atoms with Crippen molar-refractivity contribution in [2.75, 3.05) is 17.7 Å². The number of amides is 1. The quantitative estimate of drug-likeness (QED) is 0.441. The van der Waals surface area contributed by atoms with E-state index in [4.69, 9.17) is 4.98 Å². The maximum atomic E-state index is 13.3. The van der Waals surface area contributed by atoms with E-state index in [9.17, 15) is 4.79 Å². The van der Waals surface area contributed by atoms with Crippen LogP contribution in [0.2, 0.25) is 0 Å². The third-order valence-electron chi connectivity index (χ3n) is 5.22. The Bertz CT molecular complexity index is 1060. The van der Waals surface area contributed by atoms with Gasteiger partial charge < -0.3 is 0 Å². The van der Waals surface area contributed by atoms with Gasteiger partial charge in [0.25, 0.3) is 5.78 Å².